The van der Waals surface area contributed by atoms with Crippen molar-refractivity contribution in [2.24, 2.45) is 4.99 Å². The average molecular weight is 513 g/mol. The van der Waals surface area contributed by atoms with E-state index < -0.39 is 0 Å². The van der Waals surface area contributed by atoms with Gasteiger partial charge in [-0.25, -0.2) is 4.39 Å². The largest absolute Gasteiger partial charge is 0.497 e. The minimum atomic E-state index is -0.239. The van der Waals surface area contributed by atoms with Gasteiger partial charge < -0.3 is 19.7 Å². The Kier molecular flexibility index (Phi) is 9.16. The second kappa shape index (κ2) is 11.3. The highest BCUT2D eigenvalue weighted by Gasteiger charge is 2.26. The Balaban J connectivity index is 0.00000300. The van der Waals surface area contributed by atoms with Crippen LogP contribution in [0.5, 0.6) is 5.75 Å². The van der Waals surface area contributed by atoms with E-state index in [9.17, 15) is 4.39 Å². The van der Waals surface area contributed by atoms with Crippen molar-refractivity contribution < 1.29 is 13.9 Å². The molecule has 3 rings (SSSR count). The second-order valence-corrected chi connectivity index (χ2v) is 6.96. The first-order valence-corrected chi connectivity index (χ1v) is 9.50. The van der Waals surface area contributed by atoms with Crippen molar-refractivity contribution in [1.29, 1.82) is 0 Å². The van der Waals surface area contributed by atoms with Crippen molar-refractivity contribution in [3.8, 4) is 5.75 Å². The third-order valence-electron chi connectivity index (χ3n) is 5.15. The van der Waals surface area contributed by atoms with E-state index in [-0.39, 0.29) is 36.4 Å². The molecule has 5 nitrogen and oxygen atoms in total. The van der Waals surface area contributed by atoms with Crippen molar-refractivity contribution in [2.45, 2.75) is 25.5 Å². The van der Waals surface area contributed by atoms with E-state index in [1.807, 2.05) is 18.2 Å². The van der Waals surface area contributed by atoms with E-state index in [2.05, 4.69) is 27.3 Å². The summed E-state index contributed by atoms with van der Waals surface area (Å²) in [4.78, 5) is 6.70. The van der Waals surface area contributed by atoms with Crippen molar-refractivity contribution in [3.63, 3.8) is 0 Å². The maximum absolute atomic E-state index is 13.8. The fourth-order valence-corrected chi connectivity index (χ4v) is 3.62. The van der Waals surface area contributed by atoms with Crippen LogP contribution in [0.25, 0.3) is 0 Å². The summed E-state index contributed by atoms with van der Waals surface area (Å²) in [5.74, 6) is 1.98. The molecule has 7 heteroatoms. The Morgan fingerprint density at radius 1 is 1.21 bits per heavy atom. The third-order valence-corrected chi connectivity index (χ3v) is 5.15. The number of ether oxygens (including phenoxy) is 2. The van der Waals surface area contributed by atoms with Crippen LogP contribution in [-0.2, 0) is 17.9 Å². The zero-order valence-electron chi connectivity index (χ0n) is 17.2. The fourth-order valence-electron chi connectivity index (χ4n) is 3.62. The molecule has 0 amide bonds. The topological polar surface area (TPSA) is 46.1 Å². The van der Waals surface area contributed by atoms with Gasteiger partial charge in [0.2, 0.25) is 0 Å². The number of benzene rings is 2. The van der Waals surface area contributed by atoms with Gasteiger partial charge in [-0.2, -0.15) is 0 Å². The van der Waals surface area contributed by atoms with Gasteiger partial charge in [0, 0.05) is 45.3 Å². The molecule has 0 saturated carbocycles. The van der Waals surface area contributed by atoms with Gasteiger partial charge in [-0.15, -0.1) is 24.0 Å². The van der Waals surface area contributed by atoms with Crippen LogP contribution in [0.4, 0.5) is 4.39 Å². The number of methoxy groups -OCH3 is 2. The number of guanidine groups is 1. The van der Waals surface area contributed by atoms with Crippen molar-refractivity contribution in [1.82, 2.24) is 10.2 Å². The number of nitrogens with zero attached hydrogens (tertiary/aromatic N) is 2. The predicted octanol–water partition coefficient (Wildman–Crippen LogP) is 4.16. The van der Waals surface area contributed by atoms with Crippen molar-refractivity contribution in [3.05, 3.63) is 65.0 Å². The van der Waals surface area contributed by atoms with Gasteiger partial charge in [0.15, 0.2) is 5.96 Å². The quantitative estimate of drug-likeness (QED) is 0.358. The van der Waals surface area contributed by atoms with Gasteiger partial charge in [-0.3, -0.25) is 4.99 Å². The minimum absolute atomic E-state index is 0. The molecule has 1 aliphatic heterocycles. The highest BCUT2D eigenvalue weighted by atomic mass is 127. The zero-order valence-corrected chi connectivity index (χ0v) is 19.5. The normalized spacial score (nSPS) is 16.5. The second-order valence-electron chi connectivity index (χ2n) is 6.96. The van der Waals surface area contributed by atoms with Gasteiger partial charge in [0.1, 0.15) is 11.6 Å². The molecule has 1 fully saturated rings. The van der Waals surface area contributed by atoms with Crippen LogP contribution in [0.15, 0.2) is 47.5 Å². The van der Waals surface area contributed by atoms with Gasteiger partial charge in [-0.05, 0) is 41.8 Å². The molecular weight excluding hydrogens is 484 g/mol. The lowest BCUT2D eigenvalue weighted by Gasteiger charge is -2.22. The van der Waals surface area contributed by atoms with Crippen LogP contribution in [-0.4, -0.2) is 45.2 Å². The molecule has 1 N–H and O–H groups in total. The van der Waals surface area contributed by atoms with E-state index in [4.69, 9.17) is 9.47 Å². The molecule has 1 unspecified atom stereocenters. The molecule has 1 atom stereocenters. The van der Waals surface area contributed by atoms with Gasteiger partial charge >= 0.3 is 0 Å². The molecule has 1 saturated heterocycles. The third kappa shape index (κ3) is 6.05. The smallest absolute Gasteiger partial charge is 0.193 e. The standard InChI is InChI=1S/C22H28FN3O2.HI/c1-24-22(25-13-16-4-9-21(23)19(12-16)15-27-2)26-11-10-18(14-26)17-5-7-20(28-3)8-6-17;/h4-9,12,18H,10-11,13-15H2,1-3H3,(H,24,25);1H. The van der Waals surface area contributed by atoms with Crippen LogP contribution >= 0.6 is 24.0 Å². The SMILES string of the molecule is CN=C(NCc1ccc(F)c(COC)c1)N1CCC(c2ccc(OC)cc2)C1.I. The molecule has 1 heterocycles. The first-order valence-electron chi connectivity index (χ1n) is 9.50. The Morgan fingerprint density at radius 2 is 1.97 bits per heavy atom. The number of hydrogen-bond acceptors (Lipinski definition) is 3. The minimum Gasteiger partial charge on any atom is -0.497 e. The van der Waals surface area contributed by atoms with E-state index in [0.717, 1.165) is 36.8 Å². The predicted molar refractivity (Wildman–Crippen MR) is 125 cm³/mol. The summed E-state index contributed by atoms with van der Waals surface area (Å²) in [7, 11) is 5.05. The monoisotopic (exact) mass is 513 g/mol. The Morgan fingerprint density at radius 3 is 2.62 bits per heavy atom. The van der Waals surface area contributed by atoms with Crippen LogP contribution in [0.1, 0.15) is 29.0 Å². The van der Waals surface area contributed by atoms with Crippen molar-refractivity contribution in [2.75, 3.05) is 34.4 Å². The first-order chi connectivity index (χ1) is 13.6. The van der Waals surface area contributed by atoms with Gasteiger partial charge in [0.25, 0.3) is 0 Å². The van der Waals surface area contributed by atoms with E-state index >= 15 is 0 Å². The maximum Gasteiger partial charge on any atom is 0.193 e. The highest BCUT2D eigenvalue weighted by molar-refractivity contribution is 14.0. The number of nitrogens with one attached hydrogen (secondary N) is 1. The molecule has 0 bridgehead atoms. The average Bonchev–Trinajstić information content (AvgIpc) is 3.21. The van der Waals surface area contributed by atoms with E-state index in [1.54, 1.807) is 27.3 Å². The lowest BCUT2D eigenvalue weighted by molar-refractivity contribution is 0.181. The number of aliphatic imine (C=N–C) groups is 1. The Bertz CT molecular complexity index is 814. The van der Waals surface area contributed by atoms with E-state index in [1.165, 1.54) is 11.6 Å². The molecule has 2 aromatic carbocycles. The summed E-state index contributed by atoms with van der Waals surface area (Å²) in [6.07, 6.45) is 1.08. The number of hydrogen-bond donors (Lipinski definition) is 1. The van der Waals surface area contributed by atoms with Crippen LogP contribution in [0, 0.1) is 5.82 Å². The lowest BCUT2D eigenvalue weighted by Crippen LogP contribution is -2.39. The summed E-state index contributed by atoms with van der Waals surface area (Å²) in [6, 6.07) is 13.4. The molecule has 29 heavy (non-hydrogen) atoms. The highest BCUT2D eigenvalue weighted by Crippen LogP contribution is 2.28. The number of rotatable bonds is 6. The lowest BCUT2D eigenvalue weighted by atomic mass is 9.98. The summed E-state index contributed by atoms with van der Waals surface area (Å²) in [5.41, 5.74) is 2.89. The van der Waals surface area contributed by atoms with Crippen LogP contribution in [0.2, 0.25) is 0 Å². The molecular formula is C22H29FIN3O2. The Hall–Kier alpha value is -1.87. The summed E-state index contributed by atoms with van der Waals surface area (Å²) >= 11 is 0. The molecule has 0 aliphatic carbocycles. The Labute approximate surface area is 189 Å². The summed E-state index contributed by atoms with van der Waals surface area (Å²) in [6.45, 7) is 2.73. The molecule has 158 valence electrons. The molecule has 1 aliphatic rings. The van der Waals surface area contributed by atoms with Gasteiger partial charge in [0.05, 0.1) is 13.7 Å². The molecule has 0 spiro atoms. The first kappa shape index (κ1) is 23.4. The van der Waals surface area contributed by atoms with Crippen LogP contribution in [0.3, 0.4) is 0 Å². The molecule has 0 radical (unpaired) electrons. The van der Waals surface area contributed by atoms with Crippen molar-refractivity contribution >= 4 is 29.9 Å². The van der Waals surface area contributed by atoms with E-state index in [0.29, 0.717) is 18.0 Å². The van der Waals surface area contributed by atoms with Crippen LogP contribution < -0.4 is 10.1 Å². The number of halogens is 2. The zero-order chi connectivity index (χ0) is 19.9. The fraction of sp³-hybridized carbons (Fsp3) is 0.409. The molecule has 2 aromatic rings. The maximum atomic E-state index is 13.8. The van der Waals surface area contributed by atoms with Gasteiger partial charge in [-0.1, -0.05) is 18.2 Å². The molecule has 0 aromatic heterocycles. The summed E-state index contributed by atoms with van der Waals surface area (Å²) in [5, 5.41) is 3.40. The number of likely N-dealkylation sites (tertiary alicyclic amines) is 1. The summed E-state index contributed by atoms with van der Waals surface area (Å²) < 4.78 is 24.1.